The van der Waals surface area contributed by atoms with Crippen molar-refractivity contribution in [3.63, 3.8) is 0 Å². The van der Waals surface area contributed by atoms with E-state index in [1.807, 2.05) is 6.08 Å². The lowest BCUT2D eigenvalue weighted by Gasteiger charge is -2.09. The van der Waals surface area contributed by atoms with E-state index in [9.17, 15) is 4.79 Å². The maximum absolute atomic E-state index is 11.0. The fourth-order valence-electron chi connectivity index (χ4n) is 1.83. The Morgan fingerprint density at radius 3 is 2.57 bits per heavy atom. The molecule has 0 unspecified atom stereocenters. The van der Waals surface area contributed by atoms with Crippen LogP contribution in [-0.4, -0.2) is 20.0 Å². The minimum absolute atomic E-state index is 0.453. The van der Waals surface area contributed by atoms with Crippen molar-refractivity contribution in [2.24, 2.45) is 0 Å². The van der Waals surface area contributed by atoms with Crippen molar-refractivity contribution in [3.8, 4) is 11.5 Å². The highest BCUT2D eigenvalue weighted by Crippen LogP contribution is 2.23. The largest absolute Gasteiger partial charge is 0.497 e. The van der Waals surface area contributed by atoms with Crippen molar-refractivity contribution in [2.45, 2.75) is 33.6 Å². The van der Waals surface area contributed by atoms with Crippen molar-refractivity contribution in [1.29, 1.82) is 0 Å². The van der Waals surface area contributed by atoms with Gasteiger partial charge < -0.3 is 9.47 Å². The summed E-state index contributed by atoms with van der Waals surface area (Å²) < 4.78 is 10.8. The van der Waals surface area contributed by atoms with Crippen molar-refractivity contribution >= 4 is 6.29 Å². The van der Waals surface area contributed by atoms with Crippen molar-refractivity contribution in [2.75, 3.05) is 13.7 Å². The van der Waals surface area contributed by atoms with Crippen LogP contribution in [0.4, 0.5) is 0 Å². The molecule has 0 radical (unpaired) electrons. The van der Waals surface area contributed by atoms with Crippen molar-refractivity contribution in [1.82, 2.24) is 0 Å². The first-order valence-electron chi connectivity index (χ1n) is 7.11. The maximum Gasteiger partial charge on any atom is 0.153 e. The van der Waals surface area contributed by atoms with Crippen molar-refractivity contribution in [3.05, 3.63) is 47.1 Å². The summed E-state index contributed by atoms with van der Waals surface area (Å²) in [5.41, 5.74) is 3.15. The molecule has 0 aliphatic heterocycles. The quantitative estimate of drug-likeness (QED) is 0.519. The topological polar surface area (TPSA) is 35.5 Å². The monoisotopic (exact) mass is 288 g/mol. The average Bonchev–Trinajstić information content (AvgIpc) is 2.46. The van der Waals surface area contributed by atoms with E-state index in [1.54, 1.807) is 25.3 Å². The zero-order valence-electron chi connectivity index (χ0n) is 13.3. The molecule has 0 saturated carbocycles. The van der Waals surface area contributed by atoms with Crippen LogP contribution in [0.25, 0.3) is 0 Å². The summed E-state index contributed by atoms with van der Waals surface area (Å²) in [4.78, 5) is 11.0. The molecular weight excluding hydrogens is 264 g/mol. The molecule has 0 aliphatic rings. The van der Waals surface area contributed by atoms with E-state index in [0.717, 1.165) is 19.1 Å². The molecule has 0 saturated heterocycles. The first kappa shape index (κ1) is 17.0. The minimum atomic E-state index is 0.453. The van der Waals surface area contributed by atoms with E-state index in [1.165, 1.54) is 11.1 Å². The number of carbonyl (C=O) groups excluding carboxylic acids is 1. The number of ether oxygens (including phenoxy) is 2. The summed E-state index contributed by atoms with van der Waals surface area (Å²) in [6.07, 6.45) is 7.13. The fraction of sp³-hybridized carbons (Fsp3) is 0.389. The van der Waals surface area contributed by atoms with Gasteiger partial charge in [0.1, 0.15) is 18.1 Å². The predicted molar refractivity (Wildman–Crippen MR) is 86.3 cm³/mol. The SMILES string of the molecule is COc1ccc(C=O)c(OC/C=C(\C)CCC=C(C)C)c1. The Labute approximate surface area is 127 Å². The Hall–Kier alpha value is -2.03. The molecule has 1 rings (SSSR count). The molecule has 1 aromatic rings. The number of benzene rings is 1. The van der Waals surface area contributed by atoms with Crippen LogP contribution in [0.3, 0.4) is 0 Å². The molecule has 3 nitrogen and oxygen atoms in total. The number of rotatable bonds is 8. The summed E-state index contributed by atoms with van der Waals surface area (Å²) in [6.45, 7) is 6.75. The molecule has 0 bridgehead atoms. The second-order valence-electron chi connectivity index (χ2n) is 5.20. The smallest absolute Gasteiger partial charge is 0.153 e. The second-order valence-corrected chi connectivity index (χ2v) is 5.20. The van der Waals surface area contributed by atoms with Crippen LogP contribution in [0.5, 0.6) is 11.5 Å². The summed E-state index contributed by atoms with van der Waals surface area (Å²) in [5.74, 6) is 1.23. The van der Waals surface area contributed by atoms with Gasteiger partial charge in [-0.15, -0.1) is 0 Å². The van der Waals surface area contributed by atoms with E-state index in [-0.39, 0.29) is 0 Å². The molecule has 0 fully saturated rings. The van der Waals surface area contributed by atoms with E-state index >= 15 is 0 Å². The molecule has 0 aromatic heterocycles. The highest BCUT2D eigenvalue weighted by atomic mass is 16.5. The number of hydrogen-bond acceptors (Lipinski definition) is 3. The van der Waals surface area contributed by atoms with Gasteiger partial charge in [0.15, 0.2) is 6.29 Å². The van der Waals surface area contributed by atoms with Crippen LogP contribution >= 0.6 is 0 Å². The van der Waals surface area contributed by atoms with Crippen molar-refractivity contribution < 1.29 is 14.3 Å². The molecule has 0 N–H and O–H groups in total. The van der Waals surface area contributed by atoms with Gasteiger partial charge in [0.25, 0.3) is 0 Å². The first-order chi connectivity index (χ1) is 10.1. The summed E-state index contributed by atoms with van der Waals surface area (Å²) in [7, 11) is 1.59. The lowest BCUT2D eigenvalue weighted by Crippen LogP contribution is -1.99. The number of carbonyl (C=O) groups is 1. The van der Waals surface area contributed by atoms with E-state index in [2.05, 4.69) is 26.8 Å². The maximum atomic E-state index is 11.0. The highest BCUT2D eigenvalue weighted by Gasteiger charge is 2.04. The molecule has 0 aliphatic carbocycles. The minimum Gasteiger partial charge on any atom is -0.497 e. The second kappa shape index (κ2) is 9.01. The normalized spacial score (nSPS) is 11.0. The van der Waals surface area contributed by atoms with Gasteiger partial charge in [0.2, 0.25) is 0 Å². The van der Waals surface area contributed by atoms with Gasteiger partial charge in [0.05, 0.1) is 12.7 Å². The molecule has 0 heterocycles. The lowest BCUT2D eigenvalue weighted by molar-refractivity contribution is 0.112. The average molecular weight is 288 g/mol. The Morgan fingerprint density at radius 1 is 1.19 bits per heavy atom. The number of methoxy groups -OCH3 is 1. The number of hydrogen-bond donors (Lipinski definition) is 0. The number of aldehydes is 1. The van der Waals surface area contributed by atoms with Gasteiger partial charge >= 0.3 is 0 Å². The molecule has 0 amide bonds. The lowest BCUT2D eigenvalue weighted by atomic mass is 10.1. The zero-order valence-corrected chi connectivity index (χ0v) is 13.3. The van der Waals surface area contributed by atoms with Gasteiger partial charge in [-0.25, -0.2) is 0 Å². The summed E-state index contributed by atoms with van der Waals surface area (Å²) in [6, 6.07) is 5.18. The van der Waals surface area contributed by atoms with Crippen LogP contribution < -0.4 is 9.47 Å². The fourth-order valence-corrected chi connectivity index (χ4v) is 1.83. The molecular formula is C18H24O3. The molecule has 114 valence electrons. The molecule has 21 heavy (non-hydrogen) atoms. The summed E-state index contributed by atoms with van der Waals surface area (Å²) >= 11 is 0. The molecule has 3 heteroatoms. The highest BCUT2D eigenvalue weighted by molar-refractivity contribution is 5.79. The third kappa shape index (κ3) is 6.30. The van der Waals surface area contributed by atoms with Crippen LogP contribution in [-0.2, 0) is 0 Å². The van der Waals surface area contributed by atoms with Crippen LogP contribution in [0.15, 0.2) is 41.5 Å². The first-order valence-corrected chi connectivity index (χ1v) is 7.11. The Morgan fingerprint density at radius 2 is 1.95 bits per heavy atom. The van der Waals surface area contributed by atoms with E-state index < -0.39 is 0 Å². The van der Waals surface area contributed by atoms with E-state index in [0.29, 0.717) is 23.7 Å². The van der Waals surface area contributed by atoms with E-state index in [4.69, 9.17) is 9.47 Å². The Kier molecular flexibility index (Phi) is 7.30. The van der Waals surface area contributed by atoms with Crippen LogP contribution in [0.1, 0.15) is 44.0 Å². The van der Waals surface area contributed by atoms with Gasteiger partial charge in [0, 0.05) is 6.07 Å². The Bertz CT molecular complexity index is 523. The molecule has 0 atom stereocenters. The van der Waals surface area contributed by atoms with Gasteiger partial charge in [-0.2, -0.15) is 0 Å². The Balaban J connectivity index is 2.58. The third-order valence-corrected chi connectivity index (χ3v) is 3.11. The predicted octanol–water partition coefficient (Wildman–Crippen LogP) is 4.58. The molecule has 0 spiro atoms. The van der Waals surface area contributed by atoms with Gasteiger partial charge in [-0.05, 0) is 51.8 Å². The van der Waals surface area contributed by atoms with Gasteiger partial charge in [-0.3, -0.25) is 4.79 Å². The zero-order chi connectivity index (χ0) is 15.7. The standard InChI is InChI=1S/C18H24O3/c1-14(2)6-5-7-15(3)10-11-21-18-12-17(20-4)9-8-16(18)13-19/h6,8-10,12-13H,5,7,11H2,1-4H3/b15-10+. The third-order valence-electron chi connectivity index (χ3n) is 3.11. The van der Waals surface area contributed by atoms with Crippen LogP contribution in [0.2, 0.25) is 0 Å². The summed E-state index contributed by atoms with van der Waals surface area (Å²) in [5, 5.41) is 0. The van der Waals surface area contributed by atoms with Crippen LogP contribution in [0, 0.1) is 0 Å². The number of allylic oxidation sites excluding steroid dienone is 3. The van der Waals surface area contributed by atoms with Gasteiger partial charge in [-0.1, -0.05) is 17.2 Å². The molecule has 1 aromatic carbocycles.